The number of esters is 1. The highest BCUT2D eigenvalue weighted by Gasteiger charge is 2.32. The SMILES string of the molecule is CCOC(=O)C1CCCN(C(=NC)NCCNc2nccc(C(F)(F)F)n2)C1.I. The minimum Gasteiger partial charge on any atom is -0.466 e. The number of carbonyl (C=O) groups is 1. The van der Waals surface area contributed by atoms with Crippen molar-refractivity contribution in [2.45, 2.75) is 25.9 Å². The Morgan fingerprint density at radius 2 is 2.17 bits per heavy atom. The number of alkyl halides is 3. The van der Waals surface area contributed by atoms with Gasteiger partial charge in [0.2, 0.25) is 5.95 Å². The van der Waals surface area contributed by atoms with Gasteiger partial charge in [0, 0.05) is 39.4 Å². The molecule has 0 aliphatic carbocycles. The molecule has 2 N–H and O–H groups in total. The molecule has 2 heterocycles. The third-order valence-corrected chi connectivity index (χ3v) is 4.19. The predicted molar refractivity (Wildman–Crippen MR) is 113 cm³/mol. The molecule has 8 nitrogen and oxygen atoms in total. The van der Waals surface area contributed by atoms with Gasteiger partial charge in [-0.05, 0) is 25.8 Å². The van der Waals surface area contributed by atoms with Crippen LogP contribution in [0.3, 0.4) is 0 Å². The first-order valence-electron chi connectivity index (χ1n) is 9.11. The van der Waals surface area contributed by atoms with Crippen LogP contribution in [-0.4, -0.2) is 66.6 Å². The summed E-state index contributed by atoms with van der Waals surface area (Å²) in [7, 11) is 1.64. The maximum absolute atomic E-state index is 12.7. The van der Waals surface area contributed by atoms with Gasteiger partial charge in [0.05, 0.1) is 12.5 Å². The number of ether oxygens (including phenoxy) is 1. The summed E-state index contributed by atoms with van der Waals surface area (Å²) >= 11 is 0. The molecule has 0 aromatic carbocycles. The molecule has 0 bridgehead atoms. The number of piperidine rings is 1. The van der Waals surface area contributed by atoms with Gasteiger partial charge in [-0.3, -0.25) is 9.79 Å². The fourth-order valence-corrected chi connectivity index (χ4v) is 2.90. The zero-order valence-electron chi connectivity index (χ0n) is 16.3. The average molecular weight is 530 g/mol. The molecular formula is C17H26F3IN6O2. The van der Waals surface area contributed by atoms with Crippen LogP contribution in [0.5, 0.6) is 0 Å². The third kappa shape index (κ3) is 7.82. The van der Waals surface area contributed by atoms with Crippen LogP contribution in [0, 0.1) is 5.92 Å². The van der Waals surface area contributed by atoms with E-state index in [0.29, 0.717) is 32.2 Å². The molecule has 0 saturated carbocycles. The van der Waals surface area contributed by atoms with E-state index in [0.717, 1.165) is 31.6 Å². The Hall–Kier alpha value is -1.86. The average Bonchev–Trinajstić information content (AvgIpc) is 2.68. The van der Waals surface area contributed by atoms with Crippen LogP contribution in [0.1, 0.15) is 25.5 Å². The van der Waals surface area contributed by atoms with Gasteiger partial charge in [0.15, 0.2) is 5.96 Å². The molecule has 29 heavy (non-hydrogen) atoms. The minimum atomic E-state index is -4.51. The lowest BCUT2D eigenvalue weighted by Gasteiger charge is -2.33. The fourth-order valence-electron chi connectivity index (χ4n) is 2.90. The highest BCUT2D eigenvalue weighted by Crippen LogP contribution is 2.27. The molecule has 0 radical (unpaired) electrons. The first-order valence-corrected chi connectivity index (χ1v) is 9.11. The Balaban J connectivity index is 0.00000420. The maximum Gasteiger partial charge on any atom is 0.433 e. The van der Waals surface area contributed by atoms with Crippen molar-refractivity contribution in [2.24, 2.45) is 10.9 Å². The van der Waals surface area contributed by atoms with Crippen molar-refractivity contribution in [2.75, 3.05) is 45.2 Å². The van der Waals surface area contributed by atoms with Crippen LogP contribution in [0.2, 0.25) is 0 Å². The van der Waals surface area contributed by atoms with E-state index in [-0.39, 0.29) is 41.8 Å². The molecule has 1 atom stereocenters. The molecule has 0 spiro atoms. The van der Waals surface area contributed by atoms with E-state index in [1.54, 1.807) is 14.0 Å². The first kappa shape index (κ1) is 25.2. The molecular weight excluding hydrogens is 504 g/mol. The topological polar surface area (TPSA) is 91.7 Å². The molecule has 1 unspecified atom stereocenters. The summed E-state index contributed by atoms with van der Waals surface area (Å²) in [5, 5.41) is 5.88. The molecule has 12 heteroatoms. The van der Waals surface area contributed by atoms with Crippen LogP contribution >= 0.6 is 24.0 Å². The number of anilines is 1. The molecule has 1 aliphatic rings. The highest BCUT2D eigenvalue weighted by atomic mass is 127. The number of nitrogens with one attached hydrogen (secondary N) is 2. The van der Waals surface area contributed by atoms with E-state index >= 15 is 0 Å². The molecule has 1 aliphatic heterocycles. The van der Waals surface area contributed by atoms with Crippen LogP contribution < -0.4 is 10.6 Å². The number of aromatic nitrogens is 2. The monoisotopic (exact) mass is 530 g/mol. The minimum absolute atomic E-state index is 0. The molecule has 1 aromatic heterocycles. The second-order valence-corrected chi connectivity index (χ2v) is 6.20. The van der Waals surface area contributed by atoms with E-state index in [2.05, 4.69) is 25.6 Å². The summed E-state index contributed by atoms with van der Waals surface area (Å²) in [5.41, 5.74) is -0.993. The summed E-state index contributed by atoms with van der Waals surface area (Å²) in [6.45, 7) is 4.11. The summed E-state index contributed by atoms with van der Waals surface area (Å²) < 4.78 is 43.1. The number of nitrogens with zero attached hydrogens (tertiary/aromatic N) is 4. The molecule has 1 aromatic rings. The number of halogens is 4. The Bertz CT molecular complexity index is 689. The Morgan fingerprint density at radius 1 is 1.41 bits per heavy atom. The van der Waals surface area contributed by atoms with Crippen molar-refractivity contribution in [3.63, 3.8) is 0 Å². The van der Waals surface area contributed by atoms with Gasteiger partial charge in [-0.25, -0.2) is 9.97 Å². The van der Waals surface area contributed by atoms with Crippen molar-refractivity contribution in [1.82, 2.24) is 20.2 Å². The van der Waals surface area contributed by atoms with Crippen molar-refractivity contribution in [3.8, 4) is 0 Å². The van der Waals surface area contributed by atoms with Gasteiger partial charge in [-0.15, -0.1) is 24.0 Å². The normalized spacial score (nSPS) is 17.3. The Kier molecular flexibility index (Phi) is 10.4. The quantitative estimate of drug-likeness (QED) is 0.192. The van der Waals surface area contributed by atoms with E-state index in [1.807, 2.05) is 4.90 Å². The lowest BCUT2D eigenvalue weighted by molar-refractivity contribution is -0.149. The number of rotatable bonds is 6. The zero-order chi connectivity index (χ0) is 20.6. The van der Waals surface area contributed by atoms with Crippen LogP contribution in [0.4, 0.5) is 19.1 Å². The molecule has 1 saturated heterocycles. The molecule has 2 rings (SSSR count). The second kappa shape index (κ2) is 12.0. The first-order chi connectivity index (χ1) is 13.3. The van der Waals surface area contributed by atoms with Crippen molar-refractivity contribution in [1.29, 1.82) is 0 Å². The molecule has 0 amide bonds. The zero-order valence-corrected chi connectivity index (χ0v) is 18.7. The molecule has 164 valence electrons. The van der Waals surface area contributed by atoms with Gasteiger partial charge >= 0.3 is 12.1 Å². The van der Waals surface area contributed by atoms with E-state index in [4.69, 9.17) is 4.74 Å². The standard InChI is InChI=1S/C17H25F3N6O2.HI/c1-3-28-14(27)12-5-4-10-26(11-12)16(21-2)24-9-8-23-15-22-7-6-13(25-15)17(18,19)20;/h6-7,12H,3-5,8-11H2,1-2H3,(H,21,24)(H,22,23,25);1H. The summed E-state index contributed by atoms with van der Waals surface area (Å²) in [6.07, 6.45) is -1.82. The number of aliphatic imine (C=N–C) groups is 1. The van der Waals surface area contributed by atoms with Crippen LogP contribution in [0.15, 0.2) is 17.3 Å². The largest absolute Gasteiger partial charge is 0.466 e. The summed E-state index contributed by atoms with van der Waals surface area (Å²) in [6, 6.07) is 0.821. The second-order valence-electron chi connectivity index (χ2n) is 6.20. The van der Waals surface area contributed by atoms with Crippen molar-refractivity contribution >= 4 is 41.9 Å². The van der Waals surface area contributed by atoms with E-state index in [9.17, 15) is 18.0 Å². The number of hydrogen-bond donors (Lipinski definition) is 2. The van der Waals surface area contributed by atoms with Gasteiger partial charge < -0.3 is 20.3 Å². The predicted octanol–water partition coefficient (Wildman–Crippen LogP) is 2.38. The van der Waals surface area contributed by atoms with Crippen LogP contribution in [0.25, 0.3) is 0 Å². The van der Waals surface area contributed by atoms with Crippen molar-refractivity contribution < 1.29 is 22.7 Å². The Morgan fingerprint density at radius 3 is 2.83 bits per heavy atom. The fraction of sp³-hybridized carbons (Fsp3) is 0.647. The van der Waals surface area contributed by atoms with Gasteiger partial charge in [-0.2, -0.15) is 13.2 Å². The number of likely N-dealkylation sites (tertiary alicyclic amines) is 1. The number of guanidine groups is 1. The summed E-state index contributed by atoms with van der Waals surface area (Å²) in [4.78, 5) is 25.4. The number of hydrogen-bond acceptors (Lipinski definition) is 6. The van der Waals surface area contributed by atoms with Crippen LogP contribution in [-0.2, 0) is 15.7 Å². The summed E-state index contributed by atoms with van der Waals surface area (Å²) in [5.74, 6) is 0.141. The smallest absolute Gasteiger partial charge is 0.433 e. The maximum atomic E-state index is 12.7. The molecule has 1 fully saturated rings. The highest BCUT2D eigenvalue weighted by molar-refractivity contribution is 14.0. The van der Waals surface area contributed by atoms with Gasteiger partial charge in [0.1, 0.15) is 5.69 Å². The lowest BCUT2D eigenvalue weighted by Crippen LogP contribution is -2.49. The lowest BCUT2D eigenvalue weighted by atomic mass is 9.98. The van der Waals surface area contributed by atoms with E-state index < -0.39 is 11.9 Å². The van der Waals surface area contributed by atoms with Gasteiger partial charge in [-0.1, -0.05) is 0 Å². The number of carbonyl (C=O) groups excluding carboxylic acids is 1. The Labute approximate surface area is 184 Å². The van der Waals surface area contributed by atoms with Gasteiger partial charge in [0.25, 0.3) is 0 Å². The van der Waals surface area contributed by atoms with Crippen molar-refractivity contribution in [3.05, 3.63) is 18.0 Å². The third-order valence-electron chi connectivity index (χ3n) is 4.19. The van der Waals surface area contributed by atoms with E-state index in [1.165, 1.54) is 0 Å².